The summed E-state index contributed by atoms with van der Waals surface area (Å²) in [5, 5.41) is 0. The Kier molecular flexibility index (Phi) is 13.3. The molecule has 0 spiro atoms. The fourth-order valence-electron chi connectivity index (χ4n) is 0. The van der Waals surface area contributed by atoms with Gasteiger partial charge < -0.3 is 20.6 Å². The van der Waals surface area contributed by atoms with E-state index in [9.17, 15) is 0 Å². The van der Waals surface area contributed by atoms with Gasteiger partial charge in [-0.3, -0.25) is 0 Å². The average molecular weight is 304 g/mol. The van der Waals surface area contributed by atoms with Gasteiger partial charge in [0.05, 0.1) is 0 Å². The van der Waals surface area contributed by atoms with Crippen LogP contribution in [0.25, 0.3) is 0 Å². The minimum absolute atomic E-state index is 0. The van der Waals surface area contributed by atoms with Gasteiger partial charge in [0, 0.05) is 21.1 Å². The molecule has 0 radical (unpaired) electrons. The van der Waals surface area contributed by atoms with E-state index in [-0.39, 0.29) is 52.0 Å². The van der Waals surface area contributed by atoms with Crippen LogP contribution >= 0.6 is 0 Å². The van der Waals surface area contributed by atoms with Gasteiger partial charge in [-0.1, -0.05) is 0 Å². The van der Waals surface area contributed by atoms with E-state index < -0.39 is 9.05 Å². The summed E-state index contributed by atoms with van der Waals surface area (Å²) in [5.41, 5.74) is 0. The molecule has 7 heteroatoms. The van der Waals surface area contributed by atoms with Crippen molar-refractivity contribution in [2.75, 3.05) is 0 Å². The summed E-state index contributed by atoms with van der Waals surface area (Å²) in [6.45, 7) is 0. The van der Waals surface area contributed by atoms with Crippen molar-refractivity contribution in [3.8, 4) is 0 Å². The van der Waals surface area contributed by atoms with Crippen LogP contribution in [0, 0.1) is 0 Å². The predicted octanol–water partition coefficient (Wildman–Crippen LogP) is -5.49. The molecule has 0 aliphatic heterocycles. The zero-order valence-corrected chi connectivity index (χ0v) is 9.63. The molecular formula is H5NaO4SiW. The van der Waals surface area contributed by atoms with E-state index in [1.807, 2.05) is 0 Å². The second-order valence-corrected chi connectivity index (χ2v) is 1.80. The van der Waals surface area contributed by atoms with Crippen LogP contribution < -0.4 is 29.6 Å². The topological polar surface area (TPSA) is 80.9 Å². The van der Waals surface area contributed by atoms with Crippen molar-refractivity contribution in [1.29, 1.82) is 0 Å². The van der Waals surface area contributed by atoms with Crippen LogP contribution in [0.4, 0.5) is 0 Å². The van der Waals surface area contributed by atoms with Gasteiger partial charge in [-0.25, -0.2) is 0 Å². The Morgan fingerprint density at radius 2 is 1.00 bits per heavy atom. The Morgan fingerprint density at radius 1 is 1.00 bits per heavy atom. The monoisotopic (exact) mass is 304 g/mol. The molecule has 4 nitrogen and oxygen atoms in total. The fraction of sp³-hybridized carbons (Fsp3) is 0. The molecule has 0 amide bonds. The Morgan fingerprint density at radius 3 is 1.00 bits per heavy atom. The number of hydrogen-bond acceptors (Lipinski definition) is 4. The third-order valence-corrected chi connectivity index (χ3v) is 0. The first kappa shape index (κ1) is 15.9. The molecule has 0 saturated carbocycles. The molecule has 0 atom stereocenters. The molecule has 0 unspecified atom stereocenters. The zero-order valence-electron chi connectivity index (χ0n) is 4.70. The van der Waals surface area contributed by atoms with Crippen LogP contribution in [-0.4, -0.2) is 28.2 Å². The summed E-state index contributed by atoms with van der Waals surface area (Å²) in [4.78, 5) is 29.3. The van der Waals surface area contributed by atoms with Crippen molar-refractivity contribution >= 4 is 9.05 Å². The molecule has 0 aliphatic rings. The quantitative estimate of drug-likeness (QED) is 0.337. The molecule has 0 fully saturated rings. The predicted molar refractivity (Wildman–Crippen MR) is 15.7 cm³/mol. The van der Waals surface area contributed by atoms with Gasteiger partial charge in [0.25, 0.3) is 0 Å². The van der Waals surface area contributed by atoms with Gasteiger partial charge in [0.1, 0.15) is 0 Å². The molecule has 40 valence electrons. The fourth-order valence-corrected chi connectivity index (χ4v) is 0. The number of rotatable bonds is 0. The van der Waals surface area contributed by atoms with Crippen LogP contribution in [0.2, 0.25) is 0 Å². The van der Waals surface area contributed by atoms with E-state index in [0.29, 0.717) is 0 Å². The summed E-state index contributed by atoms with van der Waals surface area (Å²) >= 11 is 0. The van der Waals surface area contributed by atoms with Crippen molar-refractivity contribution in [1.82, 2.24) is 0 Å². The summed E-state index contributed by atoms with van der Waals surface area (Å²) in [6, 6.07) is 0. The first-order chi connectivity index (χ1) is 2.00. The molecule has 0 rings (SSSR count). The Labute approximate surface area is 79.7 Å². The SMILES string of the molecule is O[Si](O)(O)O.[H-].[Na+].[W]. The Hall–Kier alpha value is 1.75. The van der Waals surface area contributed by atoms with E-state index >= 15 is 0 Å². The summed E-state index contributed by atoms with van der Waals surface area (Å²) < 4.78 is 0. The second kappa shape index (κ2) is 5.87. The third kappa shape index (κ3) is 83.9. The maximum atomic E-state index is 7.33. The second-order valence-electron chi connectivity index (χ2n) is 0.600. The summed E-state index contributed by atoms with van der Waals surface area (Å²) in [7, 11) is -4.61. The van der Waals surface area contributed by atoms with Gasteiger partial charge >= 0.3 is 38.6 Å². The first-order valence-electron chi connectivity index (χ1n) is 0.894. The smallest absolute Gasteiger partial charge is 1.00 e. The molecule has 0 heterocycles. The molecule has 0 saturated heterocycles. The van der Waals surface area contributed by atoms with Crippen LogP contribution in [0.15, 0.2) is 0 Å². The van der Waals surface area contributed by atoms with Gasteiger partial charge in [-0.15, -0.1) is 0 Å². The van der Waals surface area contributed by atoms with E-state index in [0.717, 1.165) is 0 Å². The average Bonchev–Trinajstić information content (AvgIpc) is 0.722. The Balaban J connectivity index is -0.0000000267. The maximum Gasteiger partial charge on any atom is 1.00 e. The van der Waals surface area contributed by atoms with Crippen molar-refractivity contribution in [3.05, 3.63) is 0 Å². The standard InChI is InChI=1S/Na.H4O4Si.W.H/c;1-5(2,3)4;;/h;1-4H;;/q+1;;;-1. The van der Waals surface area contributed by atoms with E-state index in [2.05, 4.69) is 0 Å². The largest absolute Gasteiger partial charge is 1.00 e. The normalized spacial score (nSPS) is 8.57. The van der Waals surface area contributed by atoms with Crippen molar-refractivity contribution in [2.45, 2.75) is 0 Å². The molecular weight excluding hydrogens is 299 g/mol. The van der Waals surface area contributed by atoms with E-state index in [1.165, 1.54) is 0 Å². The van der Waals surface area contributed by atoms with Crippen LogP contribution in [0.5, 0.6) is 0 Å². The molecule has 0 aromatic heterocycles. The van der Waals surface area contributed by atoms with Crippen molar-refractivity contribution < 1.29 is 71.2 Å². The van der Waals surface area contributed by atoms with Gasteiger partial charge in [-0.05, 0) is 0 Å². The minimum Gasteiger partial charge on any atom is -1.00 e. The van der Waals surface area contributed by atoms with Crippen LogP contribution in [0.1, 0.15) is 1.43 Å². The van der Waals surface area contributed by atoms with Gasteiger partial charge in [-0.2, -0.15) is 0 Å². The molecule has 4 N–H and O–H groups in total. The van der Waals surface area contributed by atoms with Crippen molar-refractivity contribution in [2.24, 2.45) is 0 Å². The molecule has 0 aliphatic carbocycles. The summed E-state index contributed by atoms with van der Waals surface area (Å²) in [5.74, 6) is 0. The van der Waals surface area contributed by atoms with Gasteiger partial charge in [0.2, 0.25) is 0 Å². The molecule has 7 heavy (non-hydrogen) atoms. The molecule has 0 aromatic rings. The van der Waals surface area contributed by atoms with Crippen molar-refractivity contribution in [3.63, 3.8) is 0 Å². The zero-order chi connectivity index (χ0) is 4.50. The van der Waals surface area contributed by atoms with E-state index in [4.69, 9.17) is 19.2 Å². The summed E-state index contributed by atoms with van der Waals surface area (Å²) in [6.07, 6.45) is 0. The molecule has 0 bridgehead atoms. The van der Waals surface area contributed by atoms with Gasteiger partial charge in [0.15, 0.2) is 0 Å². The van der Waals surface area contributed by atoms with Crippen LogP contribution in [-0.2, 0) is 21.1 Å². The Bertz CT molecular complexity index is 31.5. The first-order valence-corrected chi connectivity index (χ1v) is 2.68. The third-order valence-electron chi connectivity index (χ3n) is 0. The maximum absolute atomic E-state index is 7.33. The van der Waals surface area contributed by atoms with E-state index in [1.54, 1.807) is 0 Å². The van der Waals surface area contributed by atoms with Crippen LogP contribution in [0.3, 0.4) is 0 Å². The minimum atomic E-state index is -4.61. The molecule has 0 aromatic carbocycles. The number of hydrogen-bond donors (Lipinski definition) is 4.